The molecule has 5 nitrogen and oxygen atoms in total. The highest BCUT2D eigenvalue weighted by Crippen LogP contribution is 2.18. The highest BCUT2D eigenvalue weighted by Gasteiger charge is 2.25. The molecule has 0 spiro atoms. The van der Waals surface area contributed by atoms with Gasteiger partial charge in [-0.3, -0.25) is 4.79 Å². The van der Waals surface area contributed by atoms with Crippen LogP contribution in [0.15, 0.2) is 18.2 Å². The summed E-state index contributed by atoms with van der Waals surface area (Å²) in [5.74, 6) is -2.73. The van der Waals surface area contributed by atoms with Crippen molar-refractivity contribution in [2.45, 2.75) is 24.3 Å². The number of hydrogen-bond donors (Lipinski definition) is 1. The molecular formula is C12H12FNO4S. The Balaban J connectivity index is 3.03. The highest BCUT2D eigenvalue weighted by atomic mass is 32.2. The summed E-state index contributed by atoms with van der Waals surface area (Å²) in [5, 5.41) is 16.1. The standard InChI is InChI=1S/C12H12FNO4S/c1-8(5-11(15)16)19(17,18)7-10-4-2-3-9(6-14)12(10)13/h2-4,8H,5,7H2,1H3,(H,15,16). The average molecular weight is 285 g/mol. The Morgan fingerprint density at radius 1 is 1.53 bits per heavy atom. The van der Waals surface area contributed by atoms with Crippen molar-refractivity contribution in [3.05, 3.63) is 35.1 Å². The molecule has 1 rings (SSSR count). The van der Waals surface area contributed by atoms with Gasteiger partial charge in [0.25, 0.3) is 0 Å². The summed E-state index contributed by atoms with van der Waals surface area (Å²) >= 11 is 0. The van der Waals surface area contributed by atoms with Crippen molar-refractivity contribution in [1.29, 1.82) is 5.26 Å². The molecule has 0 aliphatic heterocycles. The number of rotatable bonds is 5. The van der Waals surface area contributed by atoms with E-state index in [4.69, 9.17) is 10.4 Å². The Labute approximate surface area is 110 Å². The number of carboxylic acids is 1. The van der Waals surface area contributed by atoms with Crippen LogP contribution in [-0.2, 0) is 20.4 Å². The first-order valence-electron chi connectivity index (χ1n) is 5.38. The van der Waals surface area contributed by atoms with Gasteiger partial charge in [0.15, 0.2) is 9.84 Å². The first kappa shape index (κ1) is 15.1. The van der Waals surface area contributed by atoms with Crippen molar-refractivity contribution >= 4 is 15.8 Å². The summed E-state index contributed by atoms with van der Waals surface area (Å²) in [6.07, 6.45) is -0.540. The fourth-order valence-corrected chi connectivity index (χ4v) is 2.85. The van der Waals surface area contributed by atoms with E-state index >= 15 is 0 Å². The lowest BCUT2D eigenvalue weighted by atomic mass is 10.1. The minimum atomic E-state index is -3.79. The fraction of sp³-hybridized carbons (Fsp3) is 0.333. The van der Waals surface area contributed by atoms with Crippen molar-refractivity contribution in [2.24, 2.45) is 0 Å². The Kier molecular flexibility index (Phi) is 4.62. The first-order chi connectivity index (χ1) is 8.77. The van der Waals surface area contributed by atoms with Crippen LogP contribution in [0, 0.1) is 17.1 Å². The van der Waals surface area contributed by atoms with Gasteiger partial charge in [-0.15, -0.1) is 0 Å². The molecule has 0 radical (unpaired) electrons. The zero-order valence-electron chi connectivity index (χ0n) is 10.1. The normalized spacial score (nSPS) is 12.7. The van der Waals surface area contributed by atoms with Crippen LogP contribution >= 0.6 is 0 Å². The third-order valence-electron chi connectivity index (χ3n) is 2.63. The van der Waals surface area contributed by atoms with Crippen LogP contribution in [0.1, 0.15) is 24.5 Å². The summed E-state index contributed by atoms with van der Waals surface area (Å²) in [4.78, 5) is 10.5. The van der Waals surface area contributed by atoms with Crippen LogP contribution in [0.4, 0.5) is 4.39 Å². The molecule has 1 aromatic carbocycles. The molecule has 1 aromatic rings. The lowest BCUT2D eigenvalue weighted by Gasteiger charge is -2.11. The van der Waals surface area contributed by atoms with Gasteiger partial charge >= 0.3 is 5.97 Å². The lowest BCUT2D eigenvalue weighted by molar-refractivity contribution is -0.136. The van der Waals surface area contributed by atoms with E-state index in [1.54, 1.807) is 6.07 Å². The molecule has 0 bridgehead atoms. The molecule has 0 saturated carbocycles. The van der Waals surface area contributed by atoms with E-state index in [1.165, 1.54) is 25.1 Å². The molecule has 19 heavy (non-hydrogen) atoms. The smallest absolute Gasteiger partial charge is 0.304 e. The predicted molar refractivity (Wildman–Crippen MR) is 65.5 cm³/mol. The number of nitrogens with zero attached hydrogens (tertiary/aromatic N) is 1. The number of sulfone groups is 1. The van der Waals surface area contributed by atoms with Crippen LogP contribution in [0.3, 0.4) is 0 Å². The maximum atomic E-state index is 13.7. The number of carboxylic acid groups (broad SMARTS) is 1. The van der Waals surface area contributed by atoms with Crippen molar-refractivity contribution < 1.29 is 22.7 Å². The monoisotopic (exact) mass is 285 g/mol. The summed E-state index contributed by atoms with van der Waals surface area (Å²) < 4.78 is 37.5. The van der Waals surface area contributed by atoms with Gasteiger partial charge in [0, 0.05) is 5.56 Å². The Bertz CT molecular complexity index is 634. The minimum absolute atomic E-state index is 0.128. The van der Waals surface area contributed by atoms with E-state index in [-0.39, 0.29) is 11.1 Å². The number of halogens is 1. The molecule has 0 heterocycles. The molecule has 0 saturated heterocycles. The second-order valence-electron chi connectivity index (χ2n) is 4.11. The maximum absolute atomic E-state index is 13.7. The number of benzene rings is 1. The molecule has 1 unspecified atom stereocenters. The molecule has 0 fully saturated rings. The molecule has 0 aromatic heterocycles. The first-order valence-corrected chi connectivity index (χ1v) is 7.10. The van der Waals surface area contributed by atoms with Crippen LogP contribution in [0.5, 0.6) is 0 Å². The quantitative estimate of drug-likeness (QED) is 0.884. The van der Waals surface area contributed by atoms with Crippen LogP contribution in [-0.4, -0.2) is 24.7 Å². The third-order valence-corrected chi connectivity index (χ3v) is 4.74. The lowest BCUT2D eigenvalue weighted by Crippen LogP contribution is -2.23. The van der Waals surface area contributed by atoms with E-state index in [9.17, 15) is 17.6 Å². The second kappa shape index (κ2) is 5.80. The van der Waals surface area contributed by atoms with E-state index < -0.39 is 39.0 Å². The number of aliphatic carboxylic acids is 1. The van der Waals surface area contributed by atoms with Crippen LogP contribution in [0.25, 0.3) is 0 Å². The maximum Gasteiger partial charge on any atom is 0.304 e. The average Bonchev–Trinajstić information content (AvgIpc) is 2.30. The predicted octanol–water partition coefficient (Wildman–Crippen LogP) is 1.48. The van der Waals surface area contributed by atoms with Crippen molar-refractivity contribution in [3.8, 4) is 6.07 Å². The Morgan fingerprint density at radius 3 is 2.68 bits per heavy atom. The second-order valence-corrected chi connectivity index (χ2v) is 6.53. The van der Waals surface area contributed by atoms with Crippen LogP contribution in [0.2, 0.25) is 0 Å². The molecule has 0 amide bonds. The summed E-state index contributed by atoms with van der Waals surface area (Å²) in [7, 11) is -3.79. The topological polar surface area (TPSA) is 95.2 Å². The largest absolute Gasteiger partial charge is 0.481 e. The highest BCUT2D eigenvalue weighted by molar-refractivity contribution is 7.91. The number of carbonyl (C=O) groups is 1. The van der Waals surface area contributed by atoms with Crippen molar-refractivity contribution in [1.82, 2.24) is 0 Å². The van der Waals surface area contributed by atoms with E-state index in [0.717, 1.165) is 0 Å². The SMILES string of the molecule is CC(CC(=O)O)S(=O)(=O)Cc1cccc(C#N)c1F. The van der Waals surface area contributed by atoms with Gasteiger partial charge in [0.2, 0.25) is 0 Å². The van der Waals surface area contributed by atoms with Gasteiger partial charge in [-0.1, -0.05) is 12.1 Å². The third kappa shape index (κ3) is 3.76. The van der Waals surface area contributed by atoms with Gasteiger partial charge in [-0.05, 0) is 13.0 Å². The van der Waals surface area contributed by atoms with E-state index in [1.807, 2.05) is 0 Å². The van der Waals surface area contributed by atoms with Gasteiger partial charge in [-0.2, -0.15) is 5.26 Å². The van der Waals surface area contributed by atoms with Crippen molar-refractivity contribution in [3.63, 3.8) is 0 Å². The molecular weight excluding hydrogens is 273 g/mol. The van der Waals surface area contributed by atoms with Gasteiger partial charge in [-0.25, -0.2) is 12.8 Å². The van der Waals surface area contributed by atoms with Crippen LogP contribution < -0.4 is 0 Å². The van der Waals surface area contributed by atoms with Crippen molar-refractivity contribution in [2.75, 3.05) is 0 Å². The fourth-order valence-electron chi connectivity index (χ4n) is 1.51. The zero-order chi connectivity index (χ0) is 14.6. The summed E-state index contributed by atoms with van der Waals surface area (Å²) in [6, 6.07) is 5.51. The van der Waals surface area contributed by atoms with Gasteiger partial charge < -0.3 is 5.11 Å². The molecule has 1 N–H and O–H groups in total. The molecule has 0 aliphatic rings. The van der Waals surface area contributed by atoms with Gasteiger partial charge in [0.1, 0.15) is 11.9 Å². The molecule has 1 atom stereocenters. The molecule has 7 heteroatoms. The minimum Gasteiger partial charge on any atom is -0.481 e. The van der Waals surface area contributed by atoms with E-state index in [2.05, 4.69) is 0 Å². The molecule has 102 valence electrons. The number of hydrogen-bond acceptors (Lipinski definition) is 4. The molecule has 0 aliphatic carbocycles. The summed E-state index contributed by atoms with van der Waals surface area (Å²) in [6.45, 7) is 1.26. The zero-order valence-corrected chi connectivity index (χ0v) is 10.9. The van der Waals surface area contributed by atoms with E-state index in [0.29, 0.717) is 0 Å². The number of nitriles is 1. The Morgan fingerprint density at radius 2 is 2.16 bits per heavy atom. The van der Waals surface area contributed by atoms with Gasteiger partial charge in [0.05, 0.1) is 23.0 Å². The summed E-state index contributed by atoms with van der Waals surface area (Å²) in [5.41, 5.74) is -0.366. The Hall–Kier alpha value is -1.94.